The maximum absolute atomic E-state index is 10.0. The van der Waals surface area contributed by atoms with Gasteiger partial charge in [0.25, 0.3) is 0 Å². The first-order valence-corrected chi connectivity index (χ1v) is 13.9. The molecule has 8 heteroatoms. The van der Waals surface area contributed by atoms with Gasteiger partial charge < -0.3 is 10.2 Å². The zero-order valence-corrected chi connectivity index (χ0v) is 29.9. The van der Waals surface area contributed by atoms with Gasteiger partial charge in [-0.15, -0.1) is 39.9 Å². The van der Waals surface area contributed by atoms with E-state index >= 15 is 0 Å². The first kappa shape index (κ1) is 39.0. The molecule has 0 spiro atoms. The number of hydrogen-bond donors (Lipinski definition) is 2. The average Bonchev–Trinajstić information content (AvgIpc) is 3.60. The normalized spacial score (nSPS) is 10.2. The van der Waals surface area contributed by atoms with E-state index in [0.29, 0.717) is 0 Å². The summed E-state index contributed by atoms with van der Waals surface area (Å²) in [7, 11) is 0. The van der Waals surface area contributed by atoms with Crippen LogP contribution in [0.4, 0.5) is 0 Å². The summed E-state index contributed by atoms with van der Waals surface area (Å²) in [6.07, 6.45) is 2.33. The molecule has 3 aromatic carbocycles. The minimum atomic E-state index is -0.125. The van der Waals surface area contributed by atoms with E-state index in [0.717, 1.165) is 20.9 Å². The van der Waals surface area contributed by atoms with Crippen LogP contribution in [0, 0.1) is 24.3 Å². The third-order valence-electron chi connectivity index (χ3n) is 4.55. The number of benzene rings is 3. The van der Waals surface area contributed by atoms with Crippen LogP contribution in [-0.2, 0) is 49.8 Å². The summed E-state index contributed by atoms with van der Waals surface area (Å²) in [6, 6.07) is 39.1. The summed E-state index contributed by atoms with van der Waals surface area (Å²) >= 11 is 3.45. The Morgan fingerprint density at radius 3 is 1.55 bits per heavy atom. The number of thiophene rings is 2. The molecule has 0 saturated carbocycles. The van der Waals surface area contributed by atoms with E-state index in [-0.39, 0.29) is 63.3 Å². The molecule has 0 fully saturated rings. The molecule has 0 atom stereocenters. The van der Waals surface area contributed by atoms with Crippen molar-refractivity contribution < 1.29 is 60.0 Å². The number of hydrogen-bond acceptors (Lipinski definition) is 6. The fourth-order valence-corrected chi connectivity index (χ4v) is 4.74. The summed E-state index contributed by atoms with van der Waals surface area (Å²) in [4.78, 5) is 22.4. The molecule has 2 radical (unpaired) electrons. The number of allylic oxidation sites excluding steroid dienone is 4. The Balaban J connectivity index is 0.000000557. The van der Waals surface area contributed by atoms with Gasteiger partial charge in [-0.05, 0) is 27.7 Å². The Morgan fingerprint density at radius 2 is 1.17 bits per heavy atom. The molecule has 0 unspecified atom stereocenters. The van der Waals surface area contributed by atoms with Crippen LogP contribution in [0.15, 0.2) is 108 Å². The molecule has 0 aliphatic rings. The summed E-state index contributed by atoms with van der Waals surface area (Å²) in [5, 5.41) is 19.9. The molecule has 5 rings (SSSR count). The van der Waals surface area contributed by atoms with Crippen LogP contribution in [0.25, 0.3) is 31.0 Å². The first-order valence-electron chi connectivity index (χ1n) is 12.2. The van der Waals surface area contributed by atoms with E-state index in [1.165, 1.54) is 49.9 Å². The summed E-state index contributed by atoms with van der Waals surface area (Å²) in [5.41, 5.74) is 2.25. The van der Waals surface area contributed by atoms with Crippen LogP contribution in [0.2, 0.25) is 0 Å². The van der Waals surface area contributed by atoms with Crippen molar-refractivity contribution in [2.45, 2.75) is 27.7 Å². The zero-order chi connectivity index (χ0) is 29.3. The number of fused-ring (bicyclic) bond motifs is 1. The van der Waals surface area contributed by atoms with Crippen LogP contribution >= 0.6 is 22.7 Å². The second kappa shape index (κ2) is 21.7. The number of carbonyl (C=O) groups is 2. The van der Waals surface area contributed by atoms with Gasteiger partial charge in [0.2, 0.25) is 0 Å². The van der Waals surface area contributed by atoms with Crippen LogP contribution in [0.3, 0.4) is 0 Å². The maximum Gasteiger partial charge on any atom is 0.155 e. The standard InChI is InChI=1S/C14H8S.C10H6S.2C5H8O2.2Ir/c1-2-6-11(7-3-1)14-10-12-8-4-5-9-13(12)15-14;1-2-5-9(6-3-1)10-7-4-8-11-10;2*1-4(6)3-5(2)7;;/h1-6,8-9H;1-5,8H;2*3,6H,1-2H3;;/q2*-2;;;;. The Labute approximate surface area is 283 Å². The van der Waals surface area contributed by atoms with Crippen molar-refractivity contribution in [3.63, 3.8) is 0 Å². The molecule has 4 nitrogen and oxygen atoms in total. The van der Waals surface area contributed by atoms with Crippen LogP contribution in [0.1, 0.15) is 27.7 Å². The van der Waals surface area contributed by atoms with Gasteiger partial charge in [-0.3, -0.25) is 32.3 Å². The van der Waals surface area contributed by atoms with E-state index in [4.69, 9.17) is 10.2 Å². The average molecular weight is 951 g/mol. The Bertz CT molecular complexity index is 1460. The van der Waals surface area contributed by atoms with Gasteiger partial charge in [0.1, 0.15) is 0 Å². The Hall–Kier alpha value is -2.96. The van der Waals surface area contributed by atoms with Crippen molar-refractivity contribution in [2.24, 2.45) is 0 Å². The third-order valence-corrected chi connectivity index (χ3v) is 6.49. The van der Waals surface area contributed by atoms with Gasteiger partial charge >= 0.3 is 0 Å². The zero-order valence-electron chi connectivity index (χ0n) is 23.4. The van der Waals surface area contributed by atoms with Gasteiger partial charge in [0.15, 0.2) is 11.6 Å². The number of aliphatic hydroxyl groups is 2. The van der Waals surface area contributed by atoms with Crippen molar-refractivity contribution >= 4 is 44.3 Å². The maximum atomic E-state index is 10.0. The number of ketones is 2. The minimum Gasteiger partial charge on any atom is -0.512 e. The molecule has 2 N–H and O–H groups in total. The first-order chi connectivity index (χ1) is 19.2. The predicted molar refractivity (Wildman–Crippen MR) is 166 cm³/mol. The van der Waals surface area contributed by atoms with Crippen molar-refractivity contribution in [1.82, 2.24) is 0 Å². The summed E-state index contributed by atoms with van der Waals surface area (Å²) in [6.45, 7) is 5.70. The minimum absolute atomic E-state index is 0. The van der Waals surface area contributed by atoms with Gasteiger partial charge in [0.05, 0.1) is 11.5 Å². The smallest absolute Gasteiger partial charge is 0.155 e. The van der Waals surface area contributed by atoms with E-state index in [2.05, 4.69) is 48.5 Å². The summed E-state index contributed by atoms with van der Waals surface area (Å²) < 4.78 is 1.28. The fourth-order valence-electron chi connectivity index (χ4n) is 3.08. The molecule has 5 aromatic rings. The molecule has 0 aliphatic heterocycles. The molecular formula is C34H30Ir2O4S2-4. The Morgan fingerprint density at radius 1 is 0.667 bits per heavy atom. The molecule has 0 bridgehead atoms. The van der Waals surface area contributed by atoms with Crippen LogP contribution in [0.5, 0.6) is 0 Å². The van der Waals surface area contributed by atoms with Gasteiger partial charge in [0, 0.05) is 52.4 Å². The topological polar surface area (TPSA) is 74.6 Å². The largest absolute Gasteiger partial charge is 0.512 e. The van der Waals surface area contributed by atoms with E-state index in [1.54, 1.807) is 22.7 Å². The van der Waals surface area contributed by atoms with E-state index in [1.807, 2.05) is 60.0 Å². The molecule has 0 aliphatic carbocycles. The third kappa shape index (κ3) is 15.9. The van der Waals surface area contributed by atoms with Crippen molar-refractivity contribution in [3.05, 3.63) is 132 Å². The molecule has 0 amide bonds. The molecular weight excluding hydrogens is 921 g/mol. The molecule has 42 heavy (non-hydrogen) atoms. The number of carbonyl (C=O) groups excluding carboxylic acids is 2. The van der Waals surface area contributed by atoms with Gasteiger partial charge in [-0.2, -0.15) is 59.5 Å². The molecule has 0 saturated heterocycles. The second-order valence-electron chi connectivity index (χ2n) is 8.29. The fraction of sp³-hybridized carbons (Fsp3) is 0.118. The van der Waals surface area contributed by atoms with Crippen molar-refractivity contribution in [3.8, 4) is 20.9 Å². The van der Waals surface area contributed by atoms with Gasteiger partial charge in [-0.1, -0.05) is 16.8 Å². The predicted octanol–water partition coefficient (Wildman–Crippen LogP) is 9.25. The monoisotopic (exact) mass is 952 g/mol. The summed E-state index contributed by atoms with van der Waals surface area (Å²) in [5.74, 6) is -0.125. The van der Waals surface area contributed by atoms with E-state index < -0.39 is 0 Å². The van der Waals surface area contributed by atoms with Crippen LogP contribution < -0.4 is 0 Å². The SMILES string of the molecule is CC(=O)C=C(C)O.CC(=O)C=C(C)O.[Ir].[Ir].[c-]1ccccc1-c1[c-]c2ccccc2s1.[c-]1ccccc1-c1[c-]ccs1. The van der Waals surface area contributed by atoms with Crippen molar-refractivity contribution in [1.29, 1.82) is 0 Å². The number of rotatable bonds is 4. The quantitative estimate of drug-likeness (QED) is 0.107. The van der Waals surface area contributed by atoms with Gasteiger partial charge in [-0.25, -0.2) is 23.3 Å². The van der Waals surface area contributed by atoms with Crippen LogP contribution in [-0.4, -0.2) is 21.8 Å². The number of aliphatic hydroxyl groups excluding tert-OH is 2. The molecule has 2 aromatic heterocycles. The molecule has 2 heterocycles. The van der Waals surface area contributed by atoms with E-state index in [9.17, 15) is 9.59 Å². The molecule has 224 valence electrons. The second-order valence-corrected chi connectivity index (χ2v) is 10.3. The Kier molecular flexibility index (Phi) is 20.2. The van der Waals surface area contributed by atoms with Crippen molar-refractivity contribution in [2.75, 3.05) is 0 Å².